The molecule has 0 heterocycles. The van der Waals surface area contributed by atoms with E-state index in [4.69, 9.17) is 0 Å². The normalized spacial score (nSPS) is 11.4. The highest BCUT2D eigenvalue weighted by Gasteiger charge is 2.04. The van der Waals surface area contributed by atoms with Crippen LogP contribution in [0.2, 0.25) is 0 Å². The Bertz CT molecular complexity index is 743. The Hall–Kier alpha value is -2.41. The topological polar surface area (TPSA) is 17.1 Å². The average molecular weight is 246 g/mol. The van der Waals surface area contributed by atoms with Gasteiger partial charge in [-0.05, 0) is 46.2 Å². The molecule has 0 saturated heterocycles. The average Bonchev–Trinajstić information content (AvgIpc) is 2.43. The van der Waals surface area contributed by atoms with Crippen LogP contribution in [0, 0.1) is 0 Å². The molecule has 0 radical (unpaired) electrons. The Morgan fingerprint density at radius 1 is 0.895 bits per heavy atom. The Morgan fingerprint density at radius 2 is 1.42 bits per heavy atom. The van der Waals surface area contributed by atoms with Crippen LogP contribution in [0.4, 0.5) is 0 Å². The predicted molar refractivity (Wildman–Crippen MR) is 81.2 cm³/mol. The summed E-state index contributed by atoms with van der Waals surface area (Å²) in [5.41, 5.74) is 1.11. The van der Waals surface area contributed by atoms with E-state index in [-0.39, 0.29) is 5.78 Å². The summed E-state index contributed by atoms with van der Waals surface area (Å²) < 4.78 is 0. The van der Waals surface area contributed by atoms with Gasteiger partial charge in [0.2, 0.25) is 0 Å². The summed E-state index contributed by atoms with van der Waals surface area (Å²) >= 11 is 0. The van der Waals surface area contributed by atoms with Crippen molar-refractivity contribution in [3.8, 4) is 0 Å². The van der Waals surface area contributed by atoms with Crippen molar-refractivity contribution in [2.75, 3.05) is 0 Å². The second-order valence-electron chi connectivity index (χ2n) is 4.68. The minimum absolute atomic E-state index is 0.0667. The minimum atomic E-state index is 0.0667. The van der Waals surface area contributed by atoms with Crippen LogP contribution in [0.1, 0.15) is 12.5 Å². The molecule has 0 bridgehead atoms. The van der Waals surface area contributed by atoms with E-state index in [2.05, 4.69) is 30.3 Å². The SMILES string of the molecule is CC(=O)/C=C/c1c2ccccc2cc2ccccc12. The number of carbonyl (C=O) groups is 1. The molecule has 0 atom stereocenters. The summed E-state index contributed by atoms with van der Waals surface area (Å²) in [6.07, 6.45) is 3.56. The third-order valence-electron chi connectivity index (χ3n) is 3.30. The van der Waals surface area contributed by atoms with Crippen molar-refractivity contribution in [1.29, 1.82) is 0 Å². The summed E-state index contributed by atoms with van der Waals surface area (Å²) in [5.74, 6) is 0.0667. The van der Waals surface area contributed by atoms with Gasteiger partial charge in [0.15, 0.2) is 5.78 Å². The molecule has 0 aliphatic rings. The van der Waals surface area contributed by atoms with Gasteiger partial charge in [0.1, 0.15) is 0 Å². The molecule has 3 rings (SSSR count). The van der Waals surface area contributed by atoms with E-state index < -0.39 is 0 Å². The summed E-state index contributed by atoms with van der Waals surface area (Å²) in [7, 11) is 0. The van der Waals surface area contributed by atoms with Crippen molar-refractivity contribution in [2.24, 2.45) is 0 Å². The number of hydrogen-bond donors (Lipinski definition) is 0. The van der Waals surface area contributed by atoms with Gasteiger partial charge >= 0.3 is 0 Å². The molecule has 0 N–H and O–H groups in total. The van der Waals surface area contributed by atoms with Gasteiger partial charge in [-0.15, -0.1) is 0 Å². The lowest BCUT2D eigenvalue weighted by molar-refractivity contribution is -0.112. The molecule has 0 aliphatic carbocycles. The van der Waals surface area contributed by atoms with E-state index in [1.54, 1.807) is 13.0 Å². The maximum atomic E-state index is 11.2. The number of allylic oxidation sites excluding steroid dienone is 1. The number of rotatable bonds is 2. The van der Waals surface area contributed by atoms with Crippen molar-refractivity contribution in [2.45, 2.75) is 6.92 Å². The molecule has 92 valence electrons. The lowest BCUT2D eigenvalue weighted by atomic mass is 9.96. The third kappa shape index (κ3) is 2.15. The van der Waals surface area contributed by atoms with Crippen molar-refractivity contribution >= 4 is 33.4 Å². The van der Waals surface area contributed by atoms with Crippen molar-refractivity contribution < 1.29 is 4.79 Å². The van der Waals surface area contributed by atoms with Crippen LogP contribution < -0.4 is 0 Å². The van der Waals surface area contributed by atoms with E-state index in [9.17, 15) is 4.79 Å². The van der Waals surface area contributed by atoms with E-state index in [1.807, 2.05) is 30.3 Å². The lowest BCUT2D eigenvalue weighted by Crippen LogP contribution is -1.85. The molecule has 3 aromatic rings. The first-order chi connectivity index (χ1) is 9.25. The molecule has 0 aliphatic heterocycles. The molecular formula is C18H14O. The molecule has 0 fully saturated rings. The maximum absolute atomic E-state index is 11.2. The van der Waals surface area contributed by atoms with Crippen LogP contribution >= 0.6 is 0 Å². The smallest absolute Gasteiger partial charge is 0.152 e. The van der Waals surface area contributed by atoms with Crippen LogP contribution in [0.15, 0.2) is 60.7 Å². The molecule has 0 spiro atoms. The predicted octanol–water partition coefficient (Wildman–Crippen LogP) is 4.60. The van der Waals surface area contributed by atoms with Crippen LogP contribution in [0.3, 0.4) is 0 Å². The second-order valence-corrected chi connectivity index (χ2v) is 4.68. The fourth-order valence-electron chi connectivity index (χ4n) is 2.43. The van der Waals surface area contributed by atoms with Crippen molar-refractivity contribution in [3.05, 3.63) is 66.2 Å². The zero-order chi connectivity index (χ0) is 13.2. The molecule has 1 nitrogen and oxygen atoms in total. The highest BCUT2D eigenvalue weighted by molar-refractivity contribution is 6.08. The molecule has 1 heteroatoms. The summed E-state index contributed by atoms with van der Waals surface area (Å²) in [6.45, 7) is 1.57. The zero-order valence-electron chi connectivity index (χ0n) is 10.8. The van der Waals surface area contributed by atoms with Gasteiger partial charge in [-0.1, -0.05) is 54.6 Å². The van der Waals surface area contributed by atoms with Gasteiger partial charge in [-0.2, -0.15) is 0 Å². The molecular weight excluding hydrogens is 232 g/mol. The quantitative estimate of drug-likeness (QED) is 0.477. The fourth-order valence-corrected chi connectivity index (χ4v) is 2.43. The Morgan fingerprint density at radius 3 is 1.95 bits per heavy atom. The Labute approximate surface area is 112 Å². The molecule has 0 amide bonds. The summed E-state index contributed by atoms with van der Waals surface area (Å²) in [5, 5.41) is 4.76. The number of benzene rings is 3. The van der Waals surface area contributed by atoms with Gasteiger partial charge in [-0.25, -0.2) is 0 Å². The molecule has 0 unspecified atom stereocenters. The molecule has 3 aromatic carbocycles. The minimum Gasteiger partial charge on any atom is -0.295 e. The Kier molecular flexibility index (Phi) is 2.88. The summed E-state index contributed by atoms with van der Waals surface area (Å²) in [4.78, 5) is 11.2. The Balaban J connectivity index is 2.42. The number of carbonyl (C=O) groups excluding carboxylic acids is 1. The lowest BCUT2D eigenvalue weighted by Gasteiger charge is -2.08. The van der Waals surface area contributed by atoms with Crippen LogP contribution in [-0.2, 0) is 4.79 Å². The highest BCUT2D eigenvalue weighted by atomic mass is 16.1. The van der Waals surface area contributed by atoms with Gasteiger partial charge in [0, 0.05) is 0 Å². The van der Waals surface area contributed by atoms with E-state index in [0.717, 1.165) is 5.56 Å². The van der Waals surface area contributed by atoms with Gasteiger partial charge in [0.25, 0.3) is 0 Å². The number of hydrogen-bond acceptors (Lipinski definition) is 1. The first kappa shape index (κ1) is 11.7. The molecule has 0 saturated carbocycles. The standard InChI is InChI=1S/C18H14O/c1-13(19)10-11-18-16-8-4-2-6-14(16)12-15-7-3-5-9-17(15)18/h2-12H,1H3/b11-10+. The van der Waals surface area contributed by atoms with Gasteiger partial charge in [-0.3, -0.25) is 4.79 Å². The fraction of sp³-hybridized carbons (Fsp3) is 0.0556. The van der Waals surface area contributed by atoms with Crippen LogP contribution in [-0.4, -0.2) is 5.78 Å². The molecule has 0 aromatic heterocycles. The maximum Gasteiger partial charge on any atom is 0.152 e. The van der Waals surface area contributed by atoms with E-state index >= 15 is 0 Å². The van der Waals surface area contributed by atoms with Gasteiger partial charge < -0.3 is 0 Å². The van der Waals surface area contributed by atoms with Crippen molar-refractivity contribution in [1.82, 2.24) is 0 Å². The van der Waals surface area contributed by atoms with E-state index in [1.165, 1.54) is 21.5 Å². The van der Waals surface area contributed by atoms with Crippen LogP contribution in [0.5, 0.6) is 0 Å². The largest absolute Gasteiger partial charge is 0.295 e. The zero-order valence-corrected chi connectivity index (χ0v) is 10.8. The monoisotopic (exact) mass is 246 g/mol. The van der Waals surface area contributed by atoms with E-state index in [0.29, 0.717) is 0 Å². The molecule has 19 heavy (non-hydrogen) atoms. The second kappa shape index (κ2) is 4.69. The third-order valence-corrected chi connectivity index (χ3v) is 3.30. The summed E-state index contributed by atoms with van der Waals surface area (Å²) in [6, 6.07) is 18.7. The number of fused-ring (bicyclic) bond motifs is 2. The first-order valence-electron chi connectivity index (χ1n) is 6.35. The van der Waals surface area contributed by atoms with Gasteiger partial charge in [0.05, 0.1) is 0 Å². The van der Waals surface area contributed by atoms with Crippen molar-refractivity contribution in [3.63, 3.8) is 0 Å². The first-order valence-corrected chi connectivity index (χ1v) is 6.35. The highest BCUT2D eigenvalue weighted by Crippen LogP contribution is 2.29. The number of ketones is 1. The van der Waals surface area contributed by atoms with Crippen LogP contribution in [0.25, 0.3) is 27.6 Å².